The van der Waals surface area contributed by atoms with Gasteiger partial charge in [0.05, 0.1) is 6.61 Å². The summed E-state index contributed by atoms with van der Waals surface area (Å²) in [4.78, 5) is 25.5. The van der Waals surface area contributed by atoms with E-state index in [1.54, 1.807) is 36.1 Å². The number of esters is 1. The molecule has 1 atom stereocenters. The molecule has 0 bridgehead atoms. The molecule has 0 aliphatic carbocycles. The van der Waals surface area contributed by atoms with Crippen LogP contribution in [0.15, 0.2) is 24.3 Å². The van der Waals surface area contributed by atoms with E-state index in [2.05, 4.69) is 0 Å². The summed E-state index contributed by atoms with van der Waals surface area (Å²) in [6.07, 6.45) is 1.68. The van der Waals surface area contributed by atoms with Crippen LogP contribution in [0.4, 0.5) is 0 Å². The molecule has 1 fully saturated rings. The molecule has 5 heteroatoms. The van der Waals surface area contributed by atoms with E-state index >= 15 is 0 Å². The Kier molecular flexibility index (Phi) is 4.61. The lowest BCUT2D eigenvalue weighted by Crippen LogP contribution is -2.44. The van der Waals surface area contributed by atoms with Crippen molar-refractivity contribution < 1.29 is 19.4 Å². The van der Waals surface area contributed by atoms with Crippen LogP contribution in [-0.4, -0.2) is 41.1 Å². The molecule has 1 N–H and O–H groups in total. The number of hydrogen-bond acceptors (Lipinski definition) is 4. The number of carbonyl (C=O) groups is 2. The molecule has 1 aliphatic rings. The van der Waals surface area contributed by atoms with Crippen LogP contribution in [0.5, 0.6) is 5.75 Å². The number of aromatic hydroxyl groups is 1. The van der Waals surface area contributed by atoms with Gasteiger partial charge in [0, 0.05) is 19.4 Å². The van der Waals surface area contributed by atoms with E-state index < -0.39 is 6.04 Å². The summed E-state index contributed by atoms with van der Waals surface area (Å²) in [5.41, 5.74) is 0.889. The lowest BCUT2D eigenvalue weighted by Gasteiger charge is -2.26. The largest absolute Gasteiger partial charge is 0.508 e. The summed E-state index contributed by atoms with van der Waals surface area (Å²) < 4.78 is 5.08. The summed E-state index contributed by atoms with van der Waals surface area (Å²) in [6, 6.07) is 6.08. The van der Waals surface area contributed by atoms with Crippen LogP contribution in [0.1, 0.15) is 25.3 Å². The zero-order chi connectivity index (χ0) is 14.5. The van der Waals surface area contributed by atoms with Crippen LogP contribution >= 0.6 is 0 Å². The summed E-state index contributed by atoms with van der Waals surface area (Å²) >= 11 is 0. The Morgan fingerprint density at radius 3 is 2.65 bits per heavy atom. The van der Waals surface area contributed by atoms with Crippen molar-refractivity contribution >= 4 is 11.9 Å². The van der Waals surface area contributed by atoms with Crippen LogP contribution in [0.25, 0.3) is 0 Å². The maximum atomic E-state index is 12.1. The van der Waals surface area contributed by atoms with Crippen molar-refractivity contribution in [3.05, 3.63) is 29.8 Å². The minimum atomic E-state index is -0.575. The fourth-order valence-corrected chi connectivity index (χ4v) is 2.41. The standard InChI is InChI=1S/C15H19NO4/c1-2-20-15(19)13(16-9-3-4-14(16)18)10-11-5-7-12(17)8-6-11/h5-8,13,17H,2-4,9-10H2,1H3/t13-/m0/s1. The highest BCUT2D eigenvalue weighted by molar-refractivity contribution is 5.86. The molecule has 1 aliphatic heterocycles. The second-order valence-electron chi connectivity index (χ2n) is 4.83. The first-order valence-corrected chi connectivity index (χ1v) is 6.86. The van der Waals surface area contributed by atoms with Gasteiger partial charge in [0.15, 0.2) is 0 Å². The Bertz CT molecular complexity index is 483. The van der Waals surface area contributed by atoms with Gasteiger partial charge in [-0.3, -0.25) is 4.79 Å². The number of carbonyl (C=O) groups excluding carboxylic acids is 2. The van der Waals surface area contributed by atoms with Crippen molar-refractivity contribution in [2.45, 2.75) is 32.2 Å². The molecule has 1 saturated heterocycles. The zero-order valence-corrected chi connectivity index (χ0v) is 11.5. The van der Waals surface area contributed by atoms with Crippen LogP contribution < -0.4 is 0 Å². The third-order valence-corrected chi connectivity index (χ3v) is 3.41. The quantitative estimate of drug-likeness (QED) is 0.828. The summed E-state index contributed by atoms with van der Waals surface area (Å²) in [6.45, 7) is 2.65. The first kappa shape index (κ1) is 14.4. The van der Waals surface area contributed by atoms with E-state index in [9.17, 15) is 14.7 Å². The van der Waals surface area contributed by atoms with Crippen LogP contribution in [0.3, 0.4) is 0 Å². The van der Waals surface area contributed by atoms with Gasteiger partial charge in [0.25, 0.3) is 0 Å². The molecule has 0 unspecified atom stereocenters. The number of phenolic OH excluding ortho intramolecular Hbond substituents is 1. The number of nitrogens with zero attached hydrogens (tertiary/aromatic N) is 1. The van der Waals surface area contributed by atoms with Gasteiger partial charge in [-0.25, -0.2) is 4.79 Å². The van der Waals surface area contributed by atoms with Gasteiger partial charge in [-0.2, -0.15) is 0 Å². The fourth-order valence-electron chi connectivity index (χ4n) is 2.41. The molecule has 1 aromatic carbocycles. The topological polar surface area (TPSA) is 66.8 Å². The second kappa shape index (κ2) is 6.41. The van der Waals surface area contributed by atoms with Crippen molar-refractivity contribution in [2.75, 3.05) is 13.2 Å². The zero-order valence-electron chi connectivity index (χ0n) is 11.5. The first-order chi connectivity index (χ1) is 9.61. The van der Waals surface area contributed by atoms with Crippen LogP contribution in [-0.2, 0) is 20.7 Å². The molecular weight excluding hydrogens is 258 g/mol. The van der Waals surface area contributed by atoms with Gasteiger partial charge in [-0.1, -0.05) is 12.1 Å². The Labute approximate surface area is 118 Å². The second-order valence-corrected chi connectivity index (χ2v) is 4.83. The maximum Gasteiger partial charge on any atom is 0.329 e. The molecule has 0 spiro atoms. The average Bonchev–Trinajstić information content (AvgIpc) is 2.84. The SMILES string of the molecule is CCOC(=O)[C@H](Cc1ccc(O)cc1)N1CCCC1=O. The van der Waals surface area contributed by atoms with Gasteiger partial charge in [0.2, 0.25) is 5.91 Å². The number of phenols is 1. The van der Waals surface area contributed by atoms with E-state index in [0.717, 1.165) is 12.0 Å². The lowest BCUT2D eigenvalue weighted by molar-refractivity contribution is -0.153. The summed E-state index contributed by atoms with van der Waals surface area (Å²) in [7, 11) is 0. The minimum Gasteiger partial charge on any atom is -0.508 e. The van der Waals surface area contributed by atoms with Crippen molar-refractivity contribution in [3.8, 4) is 5.75 Å². The molecule has 1 heterocycles. The normalized spacial score (nSPS) is 16.2. The maximum absolute atomic E-state index is 12.1. The number of benzene rings is 1. The third-order valence-electron chi connectivity index (χ3n) is 3.41. The van der Waals surface area contributed by atoms with Gasteiger partial charge in [-0.05, 0) is 31.0 Å². The van der Waals surface area contributed by atoms with Gasteiger partial charge >= 0.3 is 5.97 Å². The monoisotopic (exact) mass is 277 g/mol. The van der Waals surface area contributed by atoms with Crippen molar-refractivity contribution in [3.63, 3.8) is 0 Å². The van der Waals surface area contributed by atoms with Gasteiger partial charge in [0.1, 0.15) is 11.8 Å². The predicted molar refractivity (Wildman–Crippen MR) is 73.2 cm³/mol. The molecule has 2 rings (SSSR count). The Hall–Kier alpha value is -2.04. The molecule has 0 saturated carbocycles. The highest BCUT2D eigenvalue weighted by Crippen LogP contribution is 2.19. The molecule has 0 radical (unpaired) electrons. The highest BCUT2D eigenvalue weighted by Gasteiger charge is 2.33. The number of amides is 1. The molecular formula is C15H19NO4. The average molecular weight is 277 g/mol. The van der Waals surface area contributed by atoms with Gasteiger partial charge < -0.3 is 14.7 Å². The molecule has 108 valence electrons. The number of hydrogen-bond donors (Lipinski definition) is 1. The highest BCUT2D eigenvalue weighted by atomic mass is 16.5. The Balaban J connectivity index is 2.15. The lowest BCUT2D eigenvalue weighted by atomic mass is 10.0. The van der Waals surface area contributed by atoms with Crippen molar-refractivity contribution in [2.24, 2.45) is 0 Å². The minimum absolute atomic E-state index is 0.00170. The smallest absolute Gasteiger partial charge is 0.329 e. The Morgan fingerprint density at radius 2 is 2.10 bits per heavy atom. The first-order valence-electron chi connectivity index (χ1n) is 6.86. The Morgan fingerprint density at radius 1 is 1.40 bits per heavy atom. The molecule has 20 heavy (non-hydrogen) atoms. The van der Waals surface area contributed by atoms with E-state index in [4.69, 9.17) is 4.74 Å². The van der Waals surface area contributed by atoms with Crippen molar-refractivity contribution in [1.29, 1.82) is 0 Å². The van der Waals surface area contributed by atoms with Crippen LogP contribution in [0, 0.1) is 0 Å². The molecule has 1 aromatic rings. The number of likely N-dealkylation sites (tertiary alicyclic amines) is 1. The van der Waals surface area contributed by atoms with Gasteiger partial charge in [-0.15, -0.1) is 0 Å². The van der Waals surface area contributed by atoms with Crippen LogP contribution in [0.2, 0.25) is 0 Å². The third kappa shape index (κ3) is 3.29. The molecule has 1 amide bonds. The summed E-state index contributed by atoms with van der Waals surface area (Å²) in [5.74, 6) is -0.184. The van der Waals surface area contributed by atoms with E-state index in [1.807, 2.05) is 0 Å². The van der Waals surface area contributed by atoms with E-state index in [1.165, 1.54) is 0 Å². The number of rotatable bonds is 5. The summed E-state index contributed by atoms with van der Waals surface area (Å²) in [5, 5.41) is 9.28. The van der Waals surface area contributed by atoms with E-state index in [-0.39, 0.29) is 17.6 Å². The predicted octanol–water partition coefficient (Wildman–Crippen LogP) is 1.49. The fraction of sp³-hybridized carbons (Fsp3) is 0.467. The molecule has 0 aromatic heterocycles. The molecule has 5 nitrogen and oxygen atoms in total. The van der Waals surface area contributed by atoms with Crippen molar-refractivity contribution in [1.82, 2.24) is 4.90 Å². The number of ether oxygens (including phenoxy) is 1. The van der Waals surface area contributed by atoms with E-state index in [0.29, 0.717) is 26.0 Å².